The van der Waals surface area contributed by atoms with Gasteiger partial charge >= 0.3 is 5.63 Å². The van der Waals surface area contributed by atoms with Crippen LogP contribution in [0.3, 0.4) is 0 Å². The van der Waals surface area contributed by atoms with Crippen LogP contribution in [0.5, 0.6) is 0 Å². The van der Waals surface area contributed by atoms with Crippen LogP contribution in [-0.2, 0) is 11.2 Å². The number of rotatable bonds is 6. The first-order chi connectivity index (χ1) is 13.4. The summed E-state index contributed by atoms with van der Waals surface area (Å²) in [6, 6.07) is 1.85. The number of ether oxygens (including phenoxy) is 1. The van der Waals surface area contributed by atoms with E-state index in [9.17, 15) is 9.59 Å². The van der Waals surface area contributed by atoms with Crippen LogP contribution in [-0.4, -0.2) is 61.1 Å². The first-order valence-electron chi connectivity index (χ1n) is 10.7. The summed E-state index contributed by atoms with van der Waals surface area (Å²) in [5.41, 5.74) is 0.376. The van der Waals surface area contributed by atoms with Crippen LogP contribution in [0, 0.1) is 12.8 Å². The van der Waals surface area contributed by atoms with Gasteiger partial charge in [-0.25, -0.2) is 4.79 Å². The SMILES string of the molecule is Cc1cc(CCC(C)C)oc(=O)c1C(=O)N1CCCOC(CN2CCCC2)C1. The molecule has 1 atom stereocenters. The van der Waals surface area contributed by atoms with E-state index >= 15 is 0 Å². The highest BCUT2D eigenvalue weighted by Gasteiger charge is 2.28. The molecule has 1 aromatic rings. The van der Waals surface area contributed by atoms with Crippen molar-refractivity contribution < 1.29 is 13.9 Å². The molecule has 2 aliphatic heterocycles. The zero-order chi connectivity index (χ0) is 20.1. The minimum Gasteiger partial charge on any atom is -0.427 e. The van der Waals surface area contributed by atoms with E-state index in [0.29, 0.717) is 36.9 Å². The molecule has 0 N–H and O–H groups in total. The van der Waals surface area contributed by atoms with Gasteiger partial charge in [-0.05, 0) is 63.2 Å². The molecule has 0 bridgehead atoms. The molecule has 28 heavy (non-hydrogen) atoms. The Bertz CT molecular complexity index is 722. The molecule has 6 heteroatoms. The average molecular weight is 391 g/mol. The van der Waals surface area contributed by atoms with E-state index in [1.54, 1.807) is 4.90 Å². The second-order valence-electron chi connectivity index (χ2n) is 8.60. The van der Waals surface area contributed by atoms with E-state index in [1.165, 1.54) is 12.8 Å². The van der Waals surface area contributed by atoms with Crippen molar-refractivity contribution in [3.63, 3.8) is 0 Å². The Labute approximate surface area is 167 Å². The zero-order valence-corrected chi connectivity index (χ0v) is 17.5. The van der Waals surface area contributed by atoms with Crippen LogP contribution in [0.4, 0.5) is 0 Å². The molecule has 0 saturated carbocycles. The maximum atomic E-state index is 13.2. The molecular formula is C22H34N2O4. The molecule has 1 amide bonds. The molecule has 0 aliphatic carbocycles. The second kappa shape index (κ2) is 9.70. The molecule has 1 unspecified atom stereocenters. The zero-order valence-electron chi connectivity index (χ0n) is 17.5. The van der Waals surface area contributed by atoms with Crippen LogP contribution in [0.2, 0.25) is 0 Å². The van der Waals surface area contributed by atoms with E-state index in [4.69, 9.17) is 9.15 Å². The summed E-state index contributed by atoms with van der Waals surface area (Å²) in [6.07, 6.45) is 4.94. The van der Waals surface area contributed by atoms with Gasteiger partial charge in [0.1, 0.15) is 11.3 Å². The highest BCUT2D eigenvalue weighted by atomic mass is 16.5. The number of nitrogens with zero attached hydrogens (tertiary/aromatic N) is 2. The van der Waals surface area contributed by atoms with Crippen LogP contribution in [0.25, 0.3) is 0 Å². The molecule has 3 heterocycles. The molecule has 0 aromatic carbocycles. The van der Waals surface area contributed by atoms with Crippen LogP contribution in [0.1, 0.15) is 61.2 Å². The number of amides is 1. The van der Waals surface area contributed by atoms with Crippen molar-refractivity contribution in [2.75, 3.05) is 39.3 Å². The molecule has 2 aliphatic rings. The van der Waals surface area contributed by atoms with Gasteiger partial charge in [-0.1, -0.05) is 13.8 Å². The Morgan fingerprint density at radius 1 is 1.21 bits per heavy atom. The van der Waals surface area contributed by atoms with E-state index in [0.717, 1.165) is 38.9 Å². The highest BCUT2D eigenvalue weighted by molar-refractivity contribution is 5.95. The quantitative estimate of drug-likeness (QED) is 0.747. The molecular weight excluding hydrogens is 356 g/mol. The Morgan fingerprint density at radius 3 is 2.64 bits per heavy atom. The van der Waals surface area contributed by atoms with E-state index < -0.39 is 5.63 Å². The van der Waals surface area contributed by atoms with Crippen LogP contribution < -0.4 is 5.63 Å². The smallest absolute Gasteiger partial charge is 0.349 e. The average Bonchev–Trinajstić information content (AvgIpc) is 3.03. The summed E-state index contributed by atoms with van der Waals surface area (Å²) < 4.78 is 11.5. The normalized spacial score (nSPS) is 21.3. The van der Waals surface area contributed by atoms with Gasteiger partial charge in [-0.15, -0.1) is 0 Å². The van der Waals surface area contributed by atoms with Crippen LogP contribution in [0.15, 0.2) is 15.3 Å². The monoisotopic (exact) mass is 390 g/mol. The summed E-state index contributed by atoms with van der Waals surface area (Å²) in [6.45, 7) is 11.0. The van der Waals surface area contributed by atoms with E-state index in [2.05, 4.69) is 18.7 Å². The van der Waals surface area contributed by atoms with Crippen molar-refractivity contribution >= 4 is 5.91 Å². The number of aryl methyl sites for hydroxylation is 2. The minimum absolute atomic E-state index is 0.00205. The first-order valence-corrected chi connectivity index (χ1v) is 10.7. The molecule has 6 nitrogen and oxygen atoms in total. The Hall–Kier alpha value is -1.66. The fourth-order valence-corrected chi connectivity index (χ4v) is 4.09. The third-order valence-corrected chi connectivity index (χ3v) is 5.68. The molecule has 1 aromatic heterocycles. The topological polar surface area (TPSA) is 63.0 Å². The lowest BCUT2D eigenvalue weighted by molar-refractivity contribution is 0.0296. The van der Waals surface area contributed by atoms with Crippen molar-refractivity contribution in [1.29, 1.82) is 0 Å². The summed E-state index contributed by atoms with van der Waals surface area (Å²) in [5, 5.41) is 0. The fraction of sp³-hybridized carbons (Fsp3) is 0.727. The van der Waals surface area contributed by atoms with E-state index in [1.807, 2.05) is 13.0 Å². The van der Waals surface area contributed by atoms with Crippen molar-refractivity contribution in [2.45, 2.75) is 59.0 Å². The van der Waals surface area contributed by atoms with Gasteiger partial charge < -0.3 is 19.0 Å². The predicted octanol–water partition coefficient (Wildman–Crippen LogP) is 2.86. The van der Waals surface area contributed by atoms with Crippen molar-refractivity contribution in [3.05, 3.63) is 33.4 Å². The molecule has 0 spiro atoms. The molecule has 0 radical (unpaired) electrons. The number of carbonyl (C=O) groups is 1. The van der Waals surface area contributed by atoms with Gasteiger partial charge in [0, 0.05) is 32.7 Å². The fourth-order valence-electron chi connectivity index (χ4n) is 4.09. The number of carbonyl (C=O) groups excluding carboxylic acids is 1. The molecule has 3 rings (SSSR count). The number of hydrogen-bond donors (Lipinski definition) is 0. The minimum atomic E-state index is -0.509. The van der Waals surface area contributed by atoms with Gasteiger partial charge in [0.15, 0.2) is 0 Å². The first kappa shape index (κ1) is 21.1. The lowest BCUT2D eigenvalue weighted by atomic mass is 10.0. The van der Waals surface area contributed by atoms with Crippen LogP contribution >= 0.6 is 0 Å². The van der Waals surface area contributed by atoms with Crippen molar-refractivity contribution in [1.82, 2.24) is 9.80 Å². The summed E-state index contributed by atoms with van der Waals surface area (Å²) in [5.74, 6) is 0.981. The Morgan fingerprint density at radius 2 is 1.96 bits per heavy atom. The van der Waals surface area contributed by atoms with Gasteiger partial charge in [0.2, 0.25) is 0 Å². The maximum Gasteiger partial charge on any atom is 0.349 e. The predicted molar refractivity (Wildman–Crippen MR) is 109 cm³/mol. The maximum absolute atomic E-state index is 13.2. The van der Waals surface area contributed by atoms with Crippen molar-refractivity contribution in [2.24, 2.45) is 5.92 Å². The van der Waals surface area contributed by atoms with E-state index in [-0.39, 0.29) is 17.6 Å². The Balaban J connectivity index is 1.71. The second-order valence-corrected chi connectivity index (χ2v) is 8.60. The van der Waals surface area contributed by atoms with Gasteiger partial charge in [-0.3, -0.25) is 4.79 Å². The largest absolute Gasteiger partial charge is 0.427 e. The summed E-state index contributed by atoms with van der Waals surface area (Å²) >= 11 is 0. The molecule has 156 valence electrons. The third-order valence-electron chi connectivity index (χ3n) is 5.68. The van der Waals surface area contributed by atoms with Gasteiger partial charge in [-0.2, -0.15) is 0 Å². The third kappa shape index (κ3) is 5.45. The number of hydrogen-bond acceptors (Lipinski definition) is 5. The van der Waals surface area contributed by atoms with Gasteiger partial charge in [0.05, 0.1) is 6.10 Å². The Kier molecular flexibility index (Phi) is 7.30. The van der Waals surface area contributed by atoms with Gasteiger partial charge in [0.25, 0.3) is 5.91 Å². The highest BCUT2D eigenvalue weighted by Crippen LogP contribution is 2.17. The van der Waals surface area contributed by atoms with Crippen molar-refractivity contribution in [3.8, 4) is 0 Å². The molecule has 2 saturated heterocycles. The molecule has 2 fully saturated rings. The number of likely N-dealkylation sites (tertiary alicyclic amines) is 1. The lowest BCUT2D eigenvalue weighted by Crippen LogP contribution is -2.43. The summed E-state index contributed by atoms with van der Waals surface area (Å²) in [7, 11) is 0. The summed E-state index contributed by atoms with van der Waals surface area (Å²) in [4.78, 5) is 29.9. The standard InChI is InChI=1S/C22H34N2O4/c1-16(2)7-8-18-13-17(3)20(22(26)28-18)21(25)24-11-6-12-27-19(15-24)14-23-9-4-5-10-23/h13,16,19H,4-12,14-15H2,1-3H3. The lowest BCUT2D eigenvalue weighted by Gasteiger charge is -2.27.